The Morgan fingerprint density at radius 1 is 1.24 bits per heavy atom. The summed E-state index contributed by atoms with van der Waals surface area (Å²) in [4.78, 5) is 23.6. The second-order valence-electron chi connectivity index (χ2n) is 5.60. The van der Waals surface area contributed by atoms with Crippen molar-refractivity contribution in [3.05, 3.63) is 35.6 Å². The smallest absolute Gasteiger partial charge is 0.251 e. The van der Waals surface area contributed by atoms with E-state index in [1.807, 2.05) is 0 Å². The molecule has 1 aromatic carbocycles. The van der Waals surface area contributed by atoms with Crippen LogP contribution in [-0.2, 0) is 9.53 Å². The van der Waals surface area contributed by atoms with Gasteiger partial charge in [-0.2, -0.15) is 0 Å². The second-order valence-corrected chi connectivity index (χ2v) is 5.60. The minimum Gasteiger partial charge on any atom is -0.388 e. The standard InChI is InChI=1S/C17H19FN2O5/c1-2-6-19-14(21)8-12-15(22)16(23)13(25-12)9-20-17(24)10-4-3-5-11(18)7-10/h1,3-5,7,12-13,15-16,22-23H,6,8-9H2,(H,19,21)(H,20,24)/t12-,13+,15-,16+/m0/s1. The van der Waals surface area contributed by atoms with Gasteiger partial charge in [0.2, 0.25) is 5.91 Å². The molecule has 7 nitrogen and oxygen atoms in total. The molecule has 1 fully saturated rings. The van der Waals surface area contributed by atoms with Crippen LogP contribution in [0.3, 0.4) is 0 Å². The average Bonchev–Trinajstić information content (AvgIpc) is 2.85. The van der Waals surface area contributed by atoms with E-state index in [1.54, 1.807) is 0 Å². The van der Waals surface area contributed by atoms with Gasteiger partial charge in [0, 0.05) is 12.1 Å². The van der Waals surface area contributed by atoms with Gasteiger partial charge in [-0.15, -0.1) is 6.42 Å². The Hall–Kier alpha value is -2.47. The third-order valence-electron chi connectivity index (χ3n) is 3.79. The number of nitrogens with one attached hydrogen (secondary N) is 2. The van der Waals surface area contributed by atoms with Crippen molar-refractivity contribution in [1.82, 2.24) is 10.6 Å². The molecule has 0 aliphatic carbocycles. The second kappa shape index (κ2) is 8.58. The van der Waals surface area contributed by atoms with Gasteiger partial charge in [0.1, 0.15) is 24.1 Å². The van der Waals surface area contributed by atoms with Crippen molar-refractivity contribution < 1.29 is 28.9 Å². The Labute approximate surface area is 144 Å². The van der Waals surface area contributed by atoms with Gasteiger partial charge in [0.05, 0.1) is 19.1 Å². The number of ether oxygens (including phenoxy) is 1. The van der Waals surface area contributed by atoms with Gasteiger partial charge >= 0.3 is 0 Å². The number of aliphatic hydroxyl groups excluding tert-OH is 2. The van der Waals surface area contributed by atoms with E-state index in [0.717, 1.165) is 6.07 Å². The van der Waals surface area contributed by atoms with E-state index < -0.39 is 42.0 Å². The van der Waals surface area contributed by atoms with E-state index in [2.05, 4.69) is 16.6 Å². The number of carbonyl (C=O) groups excluding carboxylic acids is 2. The van der Waals surface area contributed by atoms with Gasteiger partial charge in [-0.1, -0.05) is 12.0 Å². The third-order valence-corrected chi connectivity index (χ3v) is 3.79. The maximum Gasteiger partial charge on any atom is 0.251 e. The quantitative estimate of drug-likeness (QED) is 0.502. The Bertz CT molecular complexity index is 675. The lowest BCUT2D eigenvalue weighted by atomic mass is 10.1. The predicted octanol–water partition coefficient (Wildman–Crippen LogP) is -0.816. The Balaban J connectivity index is 1.87. The number of halogens is 1. The summed E-state index contributed by atoms with van der Waals surface area (Å²) >= 11 is 0. The SMILES string of the molecule is C#CCNC(=O)C[C@@H]1O[C@H](CNC(=O)c2cccc(F)c2)[C@@H](O)[C@H]1O. The molecule has 0 unspecified atom stereocenters. The molecule has 0 bridgehead atoms. The molecule has 0 saturated carbocycles. The van der Waals surface area contributed by atoms with Gasteiger partial charge in [0.25, 0.3) is 5.91 Å². The molecule has 1 saturated heterocycles. The summed E-state index contributed by atoms with van der Waals surface area (Å²) in [5.41, 5.74) is 0.123. The minimum absolute atomic E-state index is 0.0529. The van der Waals surface area contributed by atoms with Crippen LogP contribution in [0.2, 0.25) is 0 Å². The Morgan fingerprint density at radius 2 is 1.96 bits per heavy atom. The monoisotopic (exact) mass is 350 g/mol. The van der Waals surface area contributed by atoms with Gasteiger partial charge in [-0.05, 0) is 18.2 Å². The normalized spacial score (nSPS) is 25.2. The number of rotatable bonds is 6. The van der Waals surface area contributed by atoms with Crippen LogP contribution in [0.4, 0.5) is 4.39 Å². The fourth-order valence-electron chi connectivity index (χ4n) is 2.49. The largest absolute Gasteiger partial charge is 0.388 e. The van der Waals surface area contributed by atoms with E-state index in [4.69, 9.17) is 11.2 Å². The van der Waals surface area contributed by atoms with Gasteiger partial charge < -0.3 is 25.6 Å². The third kappa shape index (κ3) is 5.00. The van der Waals surface area contributed by atoms with E-state index >= 15 is 0 Å². The van der Waals surface area contributed by atoms with Crippen LogP contribution in [0.5, 0.6) is 0 Å². The van der Waals surface area contributed by atoms with E-state index in [9.17, 15) is 24.2 Å². The molecule has 2 amide bonds. The molecule has 1 aliphatic rings. The molecular weight excluding hydrogens is 331 g/mol. The number of hydrogen-bond acceptors (Lipinski definition) is 5. The summed E-state index contributed by atoms with van der Waals surface area (Å²) in [6, 6.07) is 5.14. The number of terminal acetylenes is 1. The van der Waals surface area contributed by atoms with Crippen molar-refractivity contribution in [2.24, 2.45) is 0 Å². The first-order valence-electron chi connectivity index (χ1n) is 7.68. The first-order chi connectivity index (χ1) is 11.9. The van der Waals surface area contributed by atoms with Crippen LogP contribution in [0.1, 0.15) is 16.8 Å². The number of carbonyl (C=O) groups is 2. The lowest BCUT2D eigenvalue weighted by molar-refractivity contribution is -0.124. The predicted molar refractivity (Wildman–Crippen MR) is 85.9 cm³/mol. The highest BCUT2D eigenvalue weighted by Crippen LogP contribution is 2.23. The zero-order valence-corrected chi connectivity index (χ0v) is 13.3. The number of benzene rings is 1. The molecule has 25 heavy (non-hydrogen) atoms. The lowest BCUT2D eigenvalue weighted by Gasteiger charge is -2.15. The van der Waals surface area contributed by atoms with E-state index in [1.165, 1.54) is 18.2 Å². The molecule has 0 spiro atoms. The highest BCUT2D eigenvalue weighted by Gasteiger charge is 2.43. The first-order valence-corrected chi connectivity index (χ1v) is 7.68. The first kappa shape index (κ1) is 18.9. The summed E-state index contributed by atoms with van der Waals surface area (Å²) in [5, 5.41) is 24.9. The van der Waals surface area contributed by atoms with Crippen molar-refractivity contribution >= 4 is 11.8 Å². The van der Waals surface area contributed by atoms with Crippen LogP contribution in [0, 0.1) is 18.2 Å². The number of hydrogen-bond donors (Lipinski definition) is 4. The fourth-order valence-corrected chi connectivity index (χ4v) is 2.49. The summed E-state index contributed by atoms with van der Waals surface area (Å²) < 4.78 is 18.6. The topological polar surface area (TPSA) is 108 Å². The maximum atomic E-state index is 13.1. The molecular formula is C17H19FN2O5. The molecule has 1 aromatic rings. The molecule has 8 heteroatoms. The van der Waals surface area contributed by atoms with E-state index in [0.29, 0.717) is 0 Å². The van der Waals surface area contributed by atoms with Crippen LogP contribution in [-0.4, -0.2) is 59.5 Å². The minimum atomic E-state index is -1.27. The van der Waals surface area contributed by atoms with E-state index in [-0.39, 0.29) is 25.1 Å². The summed E-state index contributed by atoms with van der Waals surface area (Å²) in [5.74, 6) is 0.743. The Kier molecular flexibility index (Phi) is 6.47. The molecule has 4 atom stereocenters. The molecule has 1 aliphatic heterocycles. The van der Waals surface area contributed by atoms with Crippen LogP contribution in [0.25, 0.3) is 0 Å². The zero-order chi connectivity index (χ0) is 18.4. The lowest BCUT2D eigenvalue weighted by Crippen LogP contribution is -2.40. The van der Waals surface area contributed by atoms with Gasteiger partial charge in [-0.3, -0.25) is 9.59 Å². The summed E-state index contributed by atoms with van der Waals surface area (Å²) in [6.45, 7) is -0.0482. The van der Waals surface area contributed by atoms with Crippen molar-refractivity contribution in [3.8, 4) is 12.3 Å². The number of aliphatic hydroxyl groups is 2. The molecule has 0 radical (unpaired) electrons. The summed E-state index contributed by atoms with van der Waals surface area (Å²) in [6.07, 6.45) is 0.520. The van der Waals surface area contributed by atoms with Crippen LogP contribution >= 0.6 is 0 Å². The Morgan fingerprint density at radius 3 is 2.64 bits per heavy atom. The summed E-state index contributed by atoms with van der Waals surface area (Å²) in [7, 11) is 0. The molecule has 134 valence electrons. The highest BCUT2D eigenvalue weighted by atomic mass is 19.1. The van der Waals surface area contributed by atoms with Crippen LogP contribution in [0.15, 0.2) is 24.3 Å². The van der Waals surface area contributed by atoms with Crippen LogP contribution < -0.4 is 10.6 Å². The average molecular weight is 350 g/mol. The maximum absolute atomic E-state index is 13.1. The van der Waals surface area contributed by atoms with Crippen molar-refractivity contribution in [2.75, 3.05) is 13.1 Å². The molecule has 4 N–H and O–H groups in total. The van der Waals surface area contributed by atoms with Crippen molar-refractivity contribution in [3.63, 3.8) is 0 Å². The highest BCUT2D eigenvalue weighted by molar-refractivity contribution is 5.94. The number of amides is 2. The van der Waals surface area contributed by atoms with Gasteiger partial charge in [-0.25, -0.2) is 4.39 Å². The molecule has 0 aromatic heterocycles. The van der Waals surface area contributed by atoms with Crippen molar-refractivity contribution in [1.29, 1.82) is 0 Å². The fraction of sp³-hybridized carbons (Fsp3) is 0.412. The molecule has 1 heterocycles. The molecule has 2 rings (SSSR count). The van der Waals surface area contributed by atoms with Crippen molar-refractivity contribution in [2.45, 2.75) is 30.8 Å². The van der Waals surface area contributed by atoms with Gasteiger partial charge in [0.15, 0.2) is 0 Å². The zero-order valence-electron chi connectivity index (χ0n) is 13.3.